The van der Waals surface area contributed by atoms with Gasteiger partial charge in [-0.25, -0.2) is 4.79 Å². The lowest BCUT2D eigenvalue weighted by molar-refractivity contribution is 0.102. The molecule has 0 spiro atoms. The average molecular weight is 423 g/mol. The van der Waals surface area contributed by atoms with Gasteiger partial charge in [0.2, 0.25) is 0 Å². The minimum atomic E-state index is -0.309. The van der Waals surface area contributed by atoms with Crippen molar-refractivity contribution in [1.82, 2.24) is 5.32 Å². The molecule has 0 unspecified atom stereocenters. The van der Waals surface area contributed by atoms with Gasteiger partial charge in [0.15, 0.2) is 0 Å². The minimum absolute atomic E-state index is 0.0302. The quantitative estimate of drug-likeness (QED) is 0.649. The molecule has 2 rings (SSSR count). The Balaban J connectivity index is 2.16. The fourth-order valence-electron chi connectivity index (χ4n) is 1.96. The van der Waals surface area contributed by atoms with E-state index in [0.29, 0.717) is 16.9 Å². The zero-order valence-corrected chi connectivity index (χ0v) is 15.0. The number of hydrogen-bond acceptors (Lipinski definition) is 2. The van der Waals surface area contributed by atoms with Crippen molar-refractivity contribution in [2.45, 2.75) is 19.9 Å². The summed E-state index contributed by atoms with van der Waals surface area (Å²) in [4.78, 5) is 24.3. The molecule has 0 saturated carbocycles. The number of benzene rings is 2. The molecule has 2 aromatic rings. The predicted octanol–water partition coefficient (Wildman–Crippen LogP) is 4.07. The van der Waals surface area contributed by atoms with Gasteiger partial charge in [0, 0.05) is 9.61 Å². The molecule has 0 fully saturated rings. The fourth-order valence-corrected chi connectivity index (χ4v) is 2.59. The normalized spacial score (nSPS) is 10.3. The van der Waals surface area contributed by atoms with E-state index in [1.54, 1.807) is 30.3 Å². The Morgan fingerprint density at radius 3 is 2.09 bits per heavy atom. The third-order valence-electron chi connectivity index (χ3n) is 2.96. The van der Waals surface area contributed by atoms with E-state index in [9.17, 15) is 9.59 Å². The maximum Gasteiger partial charge on any atom is 0.319 e. The van der Waals surface area contributed by atoms with Gasteiger partial charge in [-0.1, -0.05) is 24.3 Å². The van der Waals surface area contributed by atoms with E-state index in [4.69, 9.17) is 0 Å². The van der Waals surface area contributed by atoms with Gasteiger partial charge in [-0.05, 0) is 60.7 Å². The summed E-state index contributed by atoms with van der Waals surface area (Å²) in [6.07, 6.45) is 0. The molecule has 0 aliphatic rings. The summed E-state index contributed by atoms with van der Waals surface area (Å²) >= 11 is 2.12. The van der Waals surface area contributed by atoms with Crippen molar-refractivity contribution in [3.63, 3.8) is 0 Å². The van der Waals surface area contributed by atoms with Crippen LogP contribution in [0.15, 0.2) is 48.5 Å². The summed E-state index contributed by atoms with van der Waals surface area (Å²) < 4.78 is 0.866. The Morgan fingerprint density at radius 2 is 1.48 bits per heavy atom. The number of amides is 3. The van der Waals surface area contributed by atoms with Crippen LogP contribution in [0.3, 0.4) is 0 Å². The van der Waals surface area contributed by atoms with Crippen LogP contribution in [-0.4, -0.2) is 18.0 Å². The Labute approximate surface area is 149 Å². The molecule has 2 aromatic carbocycles. The zero-order chi connectivity index (χ0) is 16.8. The Kier molecular flexibility index (Phi) is 5.97. The van der Waals surface area contributed by atoms with Crippen LogP contribution in [0.1, 0.15) is 24.2 Å². The molecule has 0 aliphatic carbocycles. The highest BCUT2D eigenvalue weighted by Crippen LogP contribution is 2.22. The van der Waals surface area contributed by atoms with E-state index in [-0.39, 0.29) is 18.0 Å². The van der Waals surface area contributed by atoms with Crippen LogP contribution < -0.4 is 16.0 Å². The molecule has 0 heterocycles. The van der Waals surface area contributed by atoms with Gasteiger partial charge in [-0.15, -0.1) is 0 Å². The van der Waals surface area contributed by atoms with Gasteiger partial charge in [0.1, 0.15) is 0 Å². The van der Waals surface area contributed by atoms with Crippen molar-refractivity contribution in [3.8, 4) is 0 Å². The lowest BCUT2D eigenvalue weighted by Crippen LogP contribution is -2.34. The number of halogens is 1. The Hall–Kier alpha value is -2.09. The molecule has 23 heavy (non-hydrogen) atoms. The molecule has 0 radical (unpaired) electrons. The van der Waals surface area contributed by atoms with Crippen LogP contribution in [0.2, 0.25) is 0 Å². The molecule has 0 bridgehead atoms. The molecule has 0 saturated heterocycles. The van der Waals surface area contributed by atoms with Gasteiger partial charge < -0.3 is 16.0 Å². The molecule has 0 aliphatic heterocycles. The molecule has 120 valence electrons. The van der Waals surface area contributed by atoms with E-state index in [1.165, 1.54) is 0 Å². The van der Waals surface area contributed by atoms with Gasteiger partial charge in [-0.2, -0.15) is 0 Å². The summed E-state index contributed by atoms with van der Waals surface area (Å²) in [5.41, 5.74) is 1.69. The standard InChI is InChI=1S/C17H18IN3O2/c1-11(2)19-17(23)21-15-10-6-5-9-14(15)20-16(22)12-7-3-4-8-13(12)18/h3-11H,1-2H3,(H,20,22)(H2,19,21,23). The van der Waals surface area contributed by atoms with Crippen LogP contribution in [0.4, 0.5) is 16.2 Å². The fraction of sp³-hybridized carbons (Fsp3) is 0.176. The van der Waals surface area contributed by atoms with Crippen LogP contribution >= 0.6 is 22.6 Å². The van der Waals surface area contributed by atoms with E-state index < -0.39 is 0 Å². The maximum absolute atomic E-state index is 12.4. The third-order valence-corrected chi connectivity index (χ3v) is 3.90. The number of carbonyl (C=O) groups is 2. The van der Waals surface area contributed by atoms with Gasteiger partial charge >= 0.3 is 6.03 Å². The zero-order valence-electron chi connectivity index (χ0n) is 12.9. The summed E-state index contributed by atoms with van der Waals surface area (Å²) in [5.74, 6) is -0.214. The Bertz CT molecular complexity index is 716. The number of hydrogen-bond donors (Lipinski definition) is 3. The second kappa shape index (κ2) is 7.96. The number of carbonyl (C=O) groups excluding carboxylic acids is 2. The van der Waals surface area contributed by atoms with Crippen LogP contribution in [0.25, 0.3) is 0 Å². The number of urea groups is 1. The van der Waals surface area contributed by atoms with Gasteiger partial charge in [0.05, 0.1) is 16.9 Å². The number of nitrogens with one attached hydrogen (secondary N) is 3. The highest BCUT2D eigenvalue weighted by atomic mass is 127. The van der Waals surface area contributed by atoms with E-state index in [0.717, 1.165) is 3.57 Å². The van der Waals surface area contributed by atoms with Crippen molar-refractivity contribution >= 4 is 45.9 Å². The van der Waals surface area contributed by atoms with Crippen LogP contribution in [0.5, 0.6) is 0 Å². The lowest BCUT2D eigenvalue weighted by atomic mass is 10.2. The van der Waals surface area contributed by atoms with Crippen LogP contribution in [-0.2, 0) is 0 Å². The van der Waals surface area contributed by atoms with E-state index >= 15 is 0 Å². The van der Waals surface area contributed by atoms with Crippen molar-refractivity contribution in [3.05, 3.63) is 57.7 Å². The topological polar surface area (TPSA) is 70.2 Å². The van der Waals surface area contributed by atoms with Crippen molar-refractivity contribution < 1.29 is 9.59 Å². The SMILES string of the molecule is CC(C)NC(=O)Nc1ccccc1NC(=O)c1ccccc1I. The monoisotopic (exact) mass is 423 g/mol. The first-order valence-corrected chi connectivity index (χ1v) is 8.27. The van der Waals surface area contributed by atoms with E-state index in [2.05, 4.69) is 38.5 Å². The molecule has 0 aromatic heterocycles. The second-order valence-electron chi connectivity index (χ2n) is 5.23. The lowest BCUT2D eigenvalue weighted by Gasteiger charge is -2.14. The molecular weight excluding hydrogens is 405 g/mol. The molecule has 6 heteroatoms. The van der Waals surface area contributed by atoms with Gasteiger partial charge in [-0.3, -0.25) is 4.79 Å². The van der Waals surface area contributed by atoms with E-state index in [1.807, 2.05) is 32.0 Å². The second-order valence-corrected chi connectivity index (χ2v) is 6.39. The Morgan fingerprint density at radius 1 is 0.913 bits per heavy atom. The summed E-state index contributed by atoms with van der Waals surface area (Å²) in [6, 6.07) is 14.1. The van der Waals surface area contributed by atoms with Gasteiger partial charge in [0.25, 0.3) is 5.91 Å². The maximum atomic E-state index is 12.4. The summed E-state index contributed by atoms with van der Waals surface area (Å²) in [6.45, 7) is 3.76. The molecule has 5 nitrogen and oxygen atoms in total. The molecular formula is C17H18IN3O2. The molecule has 3 N–H and O–H groups in total. The average Bonchev–Trinajstić information content (AvgIpc) is 2.48. The molecule has 0 atom stereocenters. The number of rotatable bonds is 4. The number of anilines is 2. The predicted molar refractivity (Wildman–Crippen MR) is 101 cm³/mol. The smallest absolute Gasteiger partial charge is 0.319 e. The highest BCUT2D eigenvalue weighted by Gasteiger charge is 2.13. The van der Waals surface area contributed by atoms with Crippen molar-refractivity contribution in [1.29, 1.82) is 0 Å². The van der Waals surface area contributed by atoms with Crippen molar-refractivity contribution in [2.24, 2.45) is 0 Å². The largest absolute Gasteiger partial charge is 0.336 e. The number of para-hydroxylation sites is 2. The summed E-state index contributed by atoms with van der Waals surface area (Å²) in [5, 5.41) is 8.34. The minimum Gasteiger partial charge on any atom is -0.336 e. The van der Waals surface area contributed by atoms with Crippen molar-refractivity contribution in [2.75, 3.05) is 10.6 Å². The first kappa shape index (κ1) is 17.3. The third kappa shape index (κ3) is 4.95. The molecule has 3 amide bonds. The first-order chi connectivity index (χ1) is 11.0. The highest BCUT2D eigenvalue weighted by molar-refractivity contribution is 14.1. The van der Waals surface area contributed by atoms with Crippen LogP contribution in [0, 0.1) is 3.57 Å². The first-order valence-electron chi connectivity index (χ1n) is 7.20. The summed E-state index contributed by atoms with van der Waals surface area (Å²) in [7, 11) is 0.